The first-order chi connectivity index (χ1) is 33.3. The number of aliphatic hydroxyl groups excluding tert-OH is 5. The third-order valence-electron chi connectivity index (χ3n) is 11.8. The van der Waals surface area contributed by atoms with Gasteiger partial charge in [-0.2, -0.15) is 0 Å². The summed E-state index contributed by atoms with van der Waals surface area (Å²) in [7, 11) is 0. The fraction of sp³-hybridized carbons (Fsp3) is 0.644. The first-order valence-corrected chi connectivity index (χ1v) is 26.8. The summed E-state index contributed by atoms with van der Waals surface area (Å²) in [6.07, 6.45) is 63.9. The monoisotopic (exact) mass is 948 g/mol. The standard InChI is InChI=1S/C59H97NO8/c1-3-5-7-9-11-13-15-17-19-20-21-22-23-24-25-26-27-28-29-30-31-32-33-34-35-37-39-41-43-45-47-49-55(63)60-52(51-67-59-58(66)57(65)56(64)54(50-61)68-59)53(62)48-46-44-42-40-38-36-18-16-14-12-10-8-6-4-2/h5,7,11,13,17,19,21-22,24-25,27-28,30-31,33-34,38,40,46,48,52-54,56-59,61-62,64-66H,3-4,6,8-10,12,14-16,18,20,23,26,29,32,35-37,39,41-45,47,49-51H2,1-2H3,(H,60,63)/b7-5-,13-11-,19-17-,22-21-,25-24-,28-27-,31-30-,34-33-,40-38+,48-46+. The van der Waals surface area contributed by atoms with Gasteiger partial charge in [-0.15, -0.1) is 0 Å². The SMILES string of the molecule is CC/C=C\C/C=C\C/C=C\C/C=C\C/C=C\C/C=C\C/C=C\C/C=C\CCCCCCCCC(=O)NC(COC1OC(CO)C(O)C(O)C1O)C(O)/C=C/CC/C=C/CCCCCCCCCC. The van der Waals surface area contributed by atoms with E-state index in [1.54, 1.807) is 6.08 Å². The van der Waals surface area contributed by atoms with Crippen LogP contribution in [0.5, 0.6) is 0 Å². The maximum atomic E-state index is 13.0. The van der Waals surface area contributed by atoms with Crippen molar-refractivity contribution in [3.63, 3.8) is 0 Å². The van der Waals surface area contributed by atoms with Crippen LogP contribution in [0.15, 0.2) is 122 Å². The largest absolute Gasteiger partial charge is 0.394 e. The molecule has 0 bridgehead atoms. The highest BCUT2D eigenvalue weighted by Crippen LogP contribution is 2.22. The summed E-state index contributed by atoms with van der Waals surface area (Å²) in [6.45, 7) is 3.61. The highest BCUT2D eigenvalue weighted by Gasteiger charge is 2.44. The van der Waals surface area contributed by atoms with E-state index in [-0.39, 0.29) is 12.5 Å². The number of amides is 1. The lowest BCUT2D eigenvalue weighted by Crippen LogP contribution is -2.60. The minimum atomic E-state index is -1.58. The lowest BCUT2D eigenvalue weighted by Gasteiger charge is -2.40. The van der Waals surface area contributed by atoms with Crippen LogP contribution in [0.1, 0.15) is 187 Å². The molecule has 0 spiro atoms. The van der Waals surface area contributed by atoms with Crippen molar-refractivity contribution in [3.8, 4) is 0 Å². The molecule has 0 radical (unpaired) electrons. The van der Waals surface area contributed by atoms with Crippen LogP contribution in [-0.4, -0.2) is 87.5 Å². The molecule has 1 rings (SSSR count). The summed E-state index contributed by atoms with van der Waals surface area (Å²) in [5.74, 6) is -0.208. The van der Waals surface area contributed by atoms with Gasteiger partial charge in [0.2, 0.25) is 5.91 Å². The van der Waals surface area contributed by atoms with Crippen molar-refractivity contribution in [3.05, 3.63) is 122 Å². The van der Waals surface area contributed by atoms with Crippen LogP contribution < -0.4 is 5.32 Å². The van der Waals surface area contributed by atoms with Crippen LogP contribution in [-0.2, 0) is 14.3 Å². The Morgan fingerprint density at radius 3 is 1.41 bits per heavy atom. The van der Waals surface area contributed by atoms with E-state index in [9.17, 15) is 30.3 Å². The molecule has 9 nitrogen and oxygen atoms in total. The predicted octanol–water partition coefficient (Wildman–Crippen LogP) is 12.8. The molecule has 1 aliphatic heterocycles. The fourth-order valence-corrected chi connectivity index (χ4v) is 7.54. The lowest BCUT2D eigenvalue weighted by atomic mass is 9.99. The van der Waals surface area contributed by atoms with Gasteiger partial charge in [0, 0.05) is 6.42 Å². The summed E-state index contributed by atoms with van der Waals surface area (Å²) < 4.78 is 11.2. The Bertz CT molecular complexity index is 1470. The number of ether oxygens (including phenoxy) is 2. The van der Waals surface area contributed by atoms with Gasteiger partial charge < -0.3 is 40.3 Å². The first kappa shape index (κ1) is 62.6. The molecule has 68 heavy (non-hydrogen) atoms. The van der Waals surface area contributed by atoms with Gasteiger partial charge in [0.1, 0.15) is 24.4 Å². The van der Waals surface area contributed by atoms with Crippen molar-refractivity contribution in [2.75, 3.05) is 13.2 Å². The molecule has 0 aliphatic carbocycles. The predicted molar refractivity (Wildman–Crippen MR) is 285 cm³/mol. The third kappa shape index (κ3) is 36.6. The van der Waals surface area contributed by atoms with E-state index in [2.05, 4.69) is 129 Å². The summed E-state index contributed by atoms with van der Waals surface area (Å²) in [4.78, 5) is 13.0. The van der Waals surface area contributed by atoms with Crippen molar-refractivity contribution in [1.29, 1.82) is 0 Å². The van der Waals surface area contributed by atoms with E-state index in [1.807, 2.05) is 6.08 Å². The number of carbonyl (C=O) groups is 1. The number of unbranched alkanes of at least 4 members (excludes halogenated alkanes) is 15. The van der Waals surface area contributed by atoms with Crippen LogP contribution in [0.4, 0.5) is 0 Å². The molecule has 1 saturated heterocycles. The molecule has 9 heteroatoms. The van der Waals surface area contributed by atoms with Gasteiger partial charge in [0.15, 0.2) is 6.29 Å². The molecule has 1 aliphatic rings. The van der Waals surface area contributed by atoms with Gasteiger partial charge >= 0.3 is 0 Å². The Morgan fingerprint density at radius 2 is 0.926 bits per heavy atom. The number of hydrogen-bond acceptors (Lipinski definition) is 8. The third-order valence-corrected chi connectivity index (χ3v) is 11.8. The highest BCUT2D eigenvalue weighted by atomic mass is 16.7. The summed E-state index contributed by atoms with van der Waals surface area (Å²) in [6, 6.07) is -0.838. The van der Waals surface area contributed by atoms with Gasteiger partial charge in [-0.05, 0) is 96.3 Å². The van der Waals surface area contributed by atoms with E-state index in [1.165, 1.54) is 51.4 Å². The molecule has 1 amide bonds. The van der Waals surface area contributed by atoms with Crippen LogP contribution in [0.2, 0.25) is 0 Å². The fourth-order valence-electron chi connectivity index (χ4n) is 7.54. The normalized spacial score (nSPS) is 20.6. The summed E-state index contributed by atoms with van der Waals surface area (Å²) in [5, 5.41) is 54.3. The highest BCUT2D eigenvalue weighted by molar-refractivity contribution is 5.76. The maximum Gasteiger partial charge on any atom is 0.220 e. The molecular formula is C59H97NO8. The minimum Gasteiger partial charge on any atom is -0.394 e. The molecule has 7 unspecified atom stereocenters. The Kier molecular flexibility index (Phi) is 43.5. The topological polar surface area (TPSA) is 149 Å². The molecule has 7 atom stereocenters. The average molecular weight is 948 g/mol. The van der Waals surface area contributed by atoms with Crippen molar-refractivity contribution in [2.45, 2.75) is 230 Å². The zero-order valence-electron chi connectivity index (χ0n) is 42.6. The molecule has 386 valence electrons. The zero-order valence-corrected chi connectivity index (χ0v) is 42.6. The van der Waals surface area contributed by atoms with Gasteiger partial charge in [-0.1, -0.05) is 206 Å². The van der Waals surface area contributed by atoms with Gasteiger partial charge in [0.25, 0.3) is 0 Å². The van der Waals surface area contributed by atoms with E-state index in [0.29, 0.717) is 6.42 Å². The van der Waals surface area contributed by atoms with E-state index in [0.717, 1.165) is 116 Å². The minimum absolute atomic E-state index is 0.208. The van der Waals surface area contributed by atoms with E-state index in [4.69, 9.17) is 9.47 Å². The van der Waals surface area contributed by atoms with Crippen molar-refractivity contribution in [2.24, 2.45) is 0 Å². The van der Waals surface area contributed by atoms with Crippen LogP contribution >= 0.6 is 0 Å². The summed E-state index contributed by atoms with van der Waals surface area (Å²) in [5.41, 5.74) is 0. The molecule has 0 aromatic carbocycles. The second-order valence-corrected chi connectivity index (χ2v) is 17.9. The number of allylic oxidation sites excluding steroid dienone is 19. The molecule has 0 aromatic rings. The second kappa shape index (κ2) is 47.3. The van der Waals surface area contributed by atoms with Gasteiger partial charge in [-0.25, -0.2) is 0 Å². The van der Waals surface area contributed by atoms with E-state index >= 15 is 0 Å². The number of carbonyl (C=O) groups excluding carboxylic acids is 1. The lowest BCUT2D eigenvalue weighted by molar-refractivity contribution is -0.302. The molecule has 6 N–H and O–H groups in total. The van der Waals surface area contributed by atoms with Crippen molar-refractivity contribution in [1.82, 2.24) is 5.32 Å². The smallest absolute Gasteiger partial charge is 0.220 e. The Hall–Kier alpha value is -3.41. The Labute approximate surface area is 414 Å². The first-order valence-electron chi connectivity index (χ1n) is 26.8. The Morgan fingerprint density at radius 1 is 0.515 bits per heavy atom. The van der Waals surface area contributed by atoms with Gasteiger partial charge in [0.05, 0.1) is 25.4 Å². The second-order valence-electron chi connectivity index (χ2n) is 17.9. The van der Waals surface area contributed by atoms with Crippen molar-refractivity contribution < 1.29 is 39.8 Å². The number of nitrogens with one attached hydrogen (secondary N) is 1. The number of rotatable bonds is 43. The molecular weight excluding hydrogens is 851 g/mol. The number of hydrogen-bond donors (Lipinski definition) is 6. The molecule has 1 heterocycles. The van der Waals surface area contributed by atoms with E-state index < -0.39 is 49.5 Å². The Balaban J connectivity index is 2.27. The quantitative estimate of drug-likeness (QED) is 0.0261. The summed E-state index contributed by atoms with van der Waals surface area (Å²) >= 11 is 0. The molecule has 1 fully saturated rings. The number of aliphatic hydroxyl groups is 5. The van der Waals surface area contributed by atoms with Crippen LogP contribution in [0.3, 0.4) is 0 Å². The van der Waals surface area contributed by atoms with Gasteiger partial charge in [-0.3, -0.25) is 4.79 Å². The van der Waals surface area contributed by atoms with Crippen LogP contribution in [0, 0.1) is 0 Å². The zero-order chi connectivity index (χ0) is 49.4. The van der Waals surface area contributed by atoms with Crippen molar-refractivity contribution >= 4 is 5.91 Å². The molecule has 0 saturated carbocycles. The molecule has 0 aromatic heterocycles. The van der Waals surface area contributed by atoms with Crippen LogP contribution in [0.25, 0.3) is 0 Å². The maximum absolute atomic E-state index is 13.0. The average Bonchev–Trinajstić information content (AvgIpc) is 3.34.